The summed E-state index contributed by atoms with van der Waals surface area (Å²) in [5.41, 5.74) is 2.07. The Morgan fingerprint density at radius 2 is 1.60 bits per heavy atom. The van der Waals surface area contributed by atoms with Crippen LogP contribution in [0.2, 0.25) is 0 Å². The standard InChI is InChI=1S/C22H31N3O4.HI/c1-6-23-22(24-11-12-29-18-10-8-7-9-16(18)2)25-15-17-13-19(26-3)21(28-5)20(14-17)27-4;/h7-10,13-14H,6,11-12,15H2,1-5H3,(H2,23,24,25);1H. The Morgan fingerprint density at radius 3 is 2.17 bits per heavy atom. The summed E-state index contributed by atoms with van der Waals surface area (Å²) in [6.45, 7) is 6.46. The average molecular weight is 529 g/mol. The van der Waals surface area contributed by atoms with E-state index in [0.717, 1.165) is 29.4 Å². The quantitative estimate of drug-likeness (QED) is 0.211. The Balaban J connectivity index is 0.00000450. The molecular formula is C22H32IN3O4. The molecule has 0 aliphatic rings. The lowest BCUT2D eigenvalue weighted by Crippen LogP contribution is -2.39. The summed E-state index contributed by atoms with van der Waals surface area (Å²) in [6, 6.07) is 11.8. The number of hydrogen-bond acceptors (Lipinski definition) is 5. The molecule has 8 heteroatoms. The maximum atomic E-state index is 5.82. The molecule has 0 fully saturated rings. The monoisotopic (exact) mass is 529 g/mol. The number of methoxy groups -OCH3 is 3. The van der Waals surface area contributed by atoms with Gasteiger partial charge in [0, 0.05) is 6.54 Å². The van der Waals surface area contributed by atoms with Gasteiger partial charge in [0.05, 0.1) is 34.4 Å². The first-order valence-electron chi connectivity index (χ1n) is 9.62. The Hall–Kier alpha value is -2.36. The second-order valence-electron chi connectivity index (χ2n) is 6.27. The second kappa shape index (κ2) is 13.8. The molecule has 0 amide bonds. The number of ether oxygens (including phenoxy) is 4. The number of para-hydroxylation sites is 1. The molecule has 0 heterocycles. The number of nitrogens with one attached hydrogen (secondary N) is 2. The molecule has 0 radical (unpaired) electrons. The third-order valence-corrected chi connectivity index (χ3v) is 4.23. The van der Waals surface area contributed by atoms with Gasteiger partial charge < -0.3 is 29.6 Å². The number of rotatable bonds is 10. The zero-order valence-electron chi connectivity index (χ0n) is 18.3. The smallest absolute Gasteiger partial charge is 0.203 e. The number of aryl methyl sites for hydroxylation is 1. The van der Waals surface area contributed by atoms with Gasteiger partial charge in [0.2, 0.25) is 5.75 Å². The zero-order valence-corrected chi connectivity index (χ0v) is 20.6. The lowest BCUT2D eigenvalue weighted by Gasteiger charge is -2.15. The molecule has 30 heavy (non-hydrogen) atoms. The number of halogens is 1. The van der Waals surface area contributed by atoms with Gasteiger partial charge in [0.1, 0.15) is 12.4 Å². The lowest BCUT2D eigenvalue weighted by molar-refractivity contribution is 0.320. The number of nitrogens with zero attached hydrogens (tertiary/aromatic N) is 1. The molecule has 0 aliphatic heterocycles. The van der Waals surface area contributed by atoms with Crippen LogP contribution in [0.25, 0.3) is 0 Å². The summed E-state index contributed by atoms with van der Waals surface area (Å²) in [4.78, 5) is 4.64. The minimum Gasteiger partial charge on any atom is -0.493 e. The molecule has 0 atom stereocenters. The Labute approximate surface area is 196 Å². The Kier molecular flexibility index (Phi) is 11.8. The summed E-state index contributed by atoms with van der Waals surface area (Å²) < 4.78 is 22.0. The molecule has 0 bridgehead atoms. The maximum Gasteiger partial charge on any atom is 0.203 e. The van der Waals surface area contributed by atoms with Gasteiger partial charge in [0.25, 0.3) is 0 Å². The molecule has 2 N–H and O–H groups in total. The molecule has 166 valence electrons. The predicted octanol–water partition coefficient (Wildman–Crippen LogP) is 3.77. The molecule has 0 aliphatic carbocycles. The molecule has 0 saturated carbocycles. The zero-order chi connectivity index (χ0) is 21.1. The van der Waals surface area contributed by atoms with Crippen LogP contribution in [-0.4, -0.2) is 47.0 Å². The van der Waals surface area contributed by atoms with Crippen LogP contribution < -0.4 is 29.6 Å². The molecule has 0 unspecified atom stereocenters. The van der Waals surface area contributed by atoms with E-state index in [4.69, 9.17) is 18.9 Å². The molecule has 0 spiro atoms. The van der Waals surface area contributed by atoms with Gasteiger partial charge in [-0.15, -0.1) is 24.0 Å². The van der Waals surface area contributed by atoms with Gasteiger partial charge >= 0.3 is 0 Å². The van der Waals surface area contributed by atoms with Gasteiger partial charge in [0.15, 0.2) is 17.5 Å². The largest absolute Gasteiger partial charge is 0.493 e. The minimum absolute atomic E-state index is 0. The SMILES string of the molecule is CCNC(=NCc1cc(OC)c(OC)c(OC)c1)NCCOc1ccccc1C.I. The van der Waals surface area contributed by atoms with Crippen molar-refractivity contribution in [1.29, 1.82) is 0 Å². The van der Waals surface area contributed by atoms with Crippen LogP contribution in [0, 0.1) is 6.92 Å². The van der Waals surface area contributed by atoms with Crippen LogP contribution >= 0.6 is 24.0 Å². The number of aliphatic imine (C=N–C) groups is 1. The van der Waals surface area contributed by atoms with Gasteiger partial charge in [-0.1, -0.05) is 18.2 Å². The van der Waals surface area contributed by atoms with Crippen LogP contribution in [0.3, 0.4) is 0 Å². The van der Waals surface area contributed by atoms with E-state index in [2.05, 4.69) is 15.6 Å². The fourth-order valence-corrected chi connectivity index (χ4v) is 2.79. The molecular weight excluding hydrogens is 497 g/mol. The molecule has 0 aromatic heterocycles. The van der Waals surface area contributed by atoms with E-state index < -0.39 is 0 Å². The van der Waals surface area contributed by atoms with E-state index in [-0.39, 0.29) is 24.0 Å². The van der Waals surface area contributed by atoms with Crippen molar-refractivity contribution in [3.8, 4) is 23.0 Å². The van der Waals surface area contributed by atoms with Gasteiger partial charge in [-0.25, -0.2) is 4.99 Å². The van der Waals surface area contributed by atoms with Crippen molar-refractivity contribution >= 4 is 29.9 Å². The van der Waals surface area contributed by atoms with Crippen molar-refractivity contribution in [3.63, 3.8) is 0 Å². The summed E-state index contributed by atoms with van der Waals surface area (Å²) in [5.74, 6) is 3.41. The van der Waals surface area contributed by atoms with Crippen molar-refractivity contribution in [1.82, 2.24) is 10.6 Å². The van der Waals surface area contributed by atoms with Crippen LogP contribution in [0.15, 0.2) is 41.4 Å². The van der Waals surface area contributed by atoms with E-state index in [1.165, 1.54) is 0 Å². The average Bonchev–Trinajstić information content (AvgIpc) is 2.75. The summed E-state index contributed by atoms with van der Waals surface area (Å²) in [6.07, 6.45) is 0. The van der Waals surface area contributed by atoms with Crippen molar-refractivity contribution in [2.24, 2.45) is 4.99 Å². The van der Waals surface area contributed by atoms with Crippen LogP contribution in [-0.2, 0) is 6.54 Å². The third-order valence-electron chi connectivity index (χ3n) is 4.23. The van der Waals surface area contributed by atoms with Crippen molar-refractivity contribution in [3.05, 3.63) is 47.5 Å². The fraction of sp³-hybridized carbons (Fsp3) is 0.409. The highest BCUT2D eigenvalue weighted by Gasteiger charge is 2.13. The Bertz CT molecular complexity index is 790. The lowest BCUT2D eigenvalue weighted by atomic mass is 10.2. The highest BCUT2D eigenvalue weighted by molar-refractivity contribution is 14.0. The van der Waals surface area contributed by atoms with E-state index in [1.54, 1.807) is 21.3 Å². The van der Waals surface area contributed by atoms with E-state index in [0.29, 0.717) is 36.9 Å². The molecule has 7 nitrogen and oxygen atoms in total. The third kappa shape index (κ3) is 7.47. The van der Waals surface area contributed by atoms with Crippen molar-refractivity contribution in [2.75, 3.05) is 41.0 Å². The van der Waals surface area contributed by atoms with Crippen molar-refractivity contribution < 1.29 is 18.9 Å². The van der Waals surface area contributed by atoms with E-state index in [1.807, 2.05) is 50.2 Å². The van der Waals surface area contributed by atoms with Crippen molar-refractivity contribution in [2.45, 2.75) is 20.4 Å². The van der Waals surface area contributed by atoms with Gasteiger partial charge in [-0.2, -0.15) is 0 Å². The minimum atomic E-state index is 0. The van der Waals surface area contributed by atoms with Crippen LogP contribution in [0.1, 0.15) is 18.1 Å². The molecule has 2 aromatic rings. The Morgan fingerprint density at radius 1 is 0.933 bits per heavy atom. The molecule has 2 aromatic carbocycles. The summed E-state index contributed by atoms with van der Waals surface area (Å²) in [7, 11) is 4.79. The number of benzene rings is 2. The summed E-state index contributed by atoms with van der Waals surface area (Å²) >= 11 is 0. The summed E-state index contributed by atoms with van der Waals surface area (Å²) in [5, 5.41) is 6.53. The number of guanidine groups is 1. The normalized spacial score (nSPS) is 10.6. The van der Waals surface area contributed by atoms with Gasteiger partial charge in [-0.05, 0) is 43.2 Å². The topological polar surface area (TPSA) is 73.3 Å². The van der Waals surface area contributed by atoms with E-state index >= 15 is 0 Å². The van der Waals surface area contributed by atoms with Crippen LogP contribution in [0.4, 0.5) is 0 Å². The van der Waals surface area contributed by atoms with Crippen LogP contribution in [0.5, 0.6) is 23.0 Å². The number of hydrogen-bond donors (Lipinski definition) is 2. The highest BCUT2D eigenvalue weighted by atomic mass is 127. The van der Waals surface area contributed by atoms with Gasteiger partial charge in [-0.3, -0.25) is 0 Å². The molecule has 0 saturated heterocycles. The first-order chi connectivity index (χ1) is 14.1. The first-order valence-corrected chi connectivity index (χ1v) is 9.62. The fourth-order valence-electron chi connectivity index (χ4n) is 2.79. The van der Waals surface area contributed by atoms with E-state index in [9.17, 15) is 0 Å². The molecule has 2 rings (SSSR count). The highest BCUT2D eigenvalue weighted by Crippen LogP contribution is 2.38. The predicted molar refractivity (Wildman–Crippen MR) is 131 cm³/mol. The maximum absolute atomic E-state index is 5.82. The second-order valence-corrected chi connectivity index (χ2v) is 6.27. The first kappa shape index (κ1) is 25.7.